The molecule has 0 amide bonds. The molecule has 0 saturated carbocycles. The fraction of sp³-hybridized carbons (Fsp3) is 0.647. The molecule has 0 aliphatic heterocycles. The summed E-state index contributed by atoms with van der Waals surface area (Å²) in [7, 11) is 0. The smallest absolute Gasteiger partial charge is 0.0720 e. The van der Waals surface area contributed by atoms with Gasteiger partial charge in [-0.25, -0.2) is 0 Å². The second kappa shape index (κ2) is 12.2. The van der Waals surface area contributed by atoms with E-state index in [9.17, 15) is 0 Å². The highest BCUT2D eigenvalue weighted by atomic mass is 16.5. The van der Waals surface area contributed by atoms with E-state index in [1.54, 1.807) is 0 Å². The average molecular weight is 265 g/mol. The highest BCUT2D eigenvalue weighted by Gasteiger charge is 1.97. The van der Waals surface area contributed by atoms with Gasteiger partial charge in [-0.05, 0) is 37.9 Å². The second-order valence-electron chi connectivity index (χ2n) is 4.71. The Balaban J connectivity index is 0.00000154. The molecular formula is C17H31NO. The molecule has 0 bridgehead atoms. The molecule has 0 unspecified atom stereocenters. The monoisotopic (exact) mass is 265 g/mol. The minimum atomic E-state index is 0.297. The van der Waals surface area contributed by atoms with Crippen molar-refractivity contribution in [3.8, 4) is 0 Å². The van der Waals surface area contributed by atoms with Crippen LogP contribution < -0.4 is 5.32 Å². The van der Waals surface area contributed by atoms with Crippen LogP contribution in [-0.4, -0.2) is 12.6 Å². The van der Waals surface area contributed by atoms with E-state index in [1.807, 2.05) is 13.8 Å². The zero-order valence-corrected chi connectivity index (χ0v) is 13.3. The molecule has 0 atom stereocenters. The summed E-state index contributed by atoms with van der Waals surface area (Å²) in [5.74, 6) is 0. The summed E-state index contributed by atoms with van der Waals surface area (Å²) in [6, 6.07) is 8.66. The van der Waals surface area contributed by atoms with Gasteiger partial charge in [-0.3, -0.25) is 0 Å². The van der Waals surface area contributed by atoms with Gasteiger partial charge in [-0.2, -0.15) is 0 Å². The van der Waals surface area contributed by atoms with E-state index in [4.69, 9.17) is 4.74 Å². The lowest BCUT2D eigenvalue weighted by atomic mass is 10.1. The summed E-state index contributed by atoms with van der Waals surface area (Å²) < 4.78 is 5.57. The van der Waals surface area contributed by atoms with Gasteiger partial charge in [0.05, 0.1) is 12.7 Å². The van der Waals surface area contributed by atoms with Gasteiger partial charge in [0.15, 0.2) is 0 Å². The number of benzene rings is 1. The predicted molar refractivity (Wildman–Crippen MR) is 84.3 cm³/mol. The van der Waals surface area contributed by atoms with E-state index in [0.717, 1.165) is 13.1 Å². The quantitative estimate of drug-likeness (QED) is 0.697. The average Bonchev–Trinajstić information content (AvgIpc) is 2.45. The van der Waals surface area contributed by atoms with E-state index in [1.165, 1.54) is 24.0 Å². The Hall–Kier alpha value is -0.860. The van der Waals surface area contributed by atoms with Gasteiger partial charge < -0.3 is 10.1 Å². The second-order valence-corrected chi connectivity index (χ2v) is 4.71. The van der Waals surface area contributed by atoms with Crippen molar-refractivity contribution >= 4 is 0 Å². The van der Waals surface area contributed by atoms with Crippen LogP contribution in [0.4, 0.5) is 0 Å². The maximum Gasteiger partial charge on any atom is 0.0720 e. The Morgan fingerprint density at radius 2 is 1.63 bits per heavy atom. The van der Waals surface area contributed by atoms with Crippen LogP contribution in [0.2, 0.25) is 0 Å². The van der Waals surface area contributed by atoms with Gasteiger partial charge in [0.2, 0.25) is 0 Å². The Morgan fingerprint density at radius 3 is 2.16 bits per heavy atom. The van der Waals surface area contributed by atoms with Crippen LogP contribution >= 0.6 is 0 Å². The zero-order valence-electron chi connectivity index (χ0n) is 13.3. The Bertz CT molecular complexity index is 293. The lowest BCUT2D eigenvalue weighted by Gasteiger charge is -2.08. The number of nitrogens with one attached hydrogen (secondary N) is 1. The van der Waals surface area contributed by atoms with Gasteiger partial charge in [0.25, 0.3) is 0 Å². The molecule has 1 aromatic rings. The maximum absolute atomic E-state index is 5.57. The third kappa shape index (κ3) is 9.69. The van der Waals surface area contributed by atoms with Gasteiger partial charge in [-0.15, -0.1) is 0 Å². The van der Waals surface area contributed by atoms with E-state index in [0.29, 0.717) is 12.7 Å². The molecule has 0 fully saturated rings. The summed E-state index contributed by atoms with van der Waals surface area (Å²) in [5, 5.41) is 3.44. The van der Waals surface area contributed by atoms with Gasteiger partial charge >= 0.3 is 0 Å². The molecule has 0 saturated heterocycles. The molecule has 2 nitrogen and oxygen atoms in total. The summed E-state index contributed by atoms with van der Waals surface area (Å²) in [6.07, 6.45) is 2.80. The minimum Gasteiger partial charge on any atom is -0.374 e. The van der Waals surface area contributed by atoms with Crippen LogP contribution in [0, 0.1) is 0 Å². The Morgan fingerprint density at radius 1 is 1.05 bits per heavy atom. The first kappa shape index (κ1) is 18.1. The van der Waals surface area contributed by atoms with E-state index >= 15 is 0 Å². The van der Waals surface area contributed by atoms with Crippen LogP contribution in [0.1, 0.15) is 58.6 Å². The third-order valence-corrected chi connectivity index (χ3v) is 2.64. The van der Waals surface area contributed by atoms with Crippen molar-refractivity contribution in [1.82, 2.24) is 5.32 Å². The normalized spacial score (nSPS) is 10.2. The van der Waals surface area contributed by atoms with E-state index in [2.05, 4.69) is 50.4 Å². The molecule has 1 aromatic carbocycles. The topological polar surface area (TPSA) is 21.3 Å². The van der Waals surface area contributed by atoms with Crippen molar-refractivity contribution in [3.63, 3.8) is 0 Å². The van der Waals surface area contributed by atoms with Crippen LogP contribution in [-0.2, 0) is 17.9 Å². The molecule has 0 radical (unpaired) electrons. The predicted octanol–water partition coefficient (Wildman–Crippen LogP) is 4.53. The van der Waals surface area contributed by atoms with Crippen molar-refractivity contribution in [1.29, 1.82) is 0 Å². The first-order valence-corrected chi connectivity index (χ1v) is 7.62. The summed E-state index contributed by atoms with van der Waals surface area (Å²) in [4.78, 5) is 0. The van der Waals surface area contributed by atoms with Crippen LogP contribution in [0.15, 0.2) is 24.3 Å². The Labute approximate surface area is 119 Å². The lowest BCUT2D eigenvalue weighted by Crippen LogP contribution is -2.14. The van der Waals surface area contributed by atoms with Crippen LogP contribution in [0.5, 0.6) is 0 Å². The fourth-order valence-corrected chi connectivity index (χ4v) is 1.55. The molecular weight excluding hydrogens is 234 g/mol. The largest absolute Gasteiger partial charge is 0.374 e. The molecule has 0 aliphatic rings. The van der Waals surface area contributed by atoms with Crippen molar-refractivity contribution in [2.75, 3.05) is 6.54 Å². The first-order chi connectivity index (χ1) is 9.22. The van der Waals surface area contributed by atoms with E-state index < -0.39 is 0 Å². The van der Waals surface area contributed by atoms with Gasteiger partial charge in [0.1, 0.15) is 0 Å². The molecule has 1 rings (SSSR count). The first-order valence-electron chi connectivity index (χ1n) is 7.62. The number of ether oxygens (including phenoxy) is 1. The van der Waals surface area contributed by atoms with E-state index in [-0.39, 0.29) is 0 Å². The van der Waals surface area contributed by atoms with Crippen molar-refractivity contribution < 1.29 is 4.74 Å². The molecule has 19 heavy (non-hydrogen) atoms. The molecule has 1 N–H and O–H groups in total. The van der Waals surface area contributed by atoms with Crippen molar-refractivity contribution in [2.45, 2.75) is 66.7 Å². The lowest BCUT2D eigenvalue weighted by molar-refractivity contribution is 0.0657. The Kier molecular flexibility index (Phi) is 11.6. The summed E-state index contributed by atoms with van der Waals surface area (Å²) >= 11 is 0. The fourth-order valence-electron chi connectivity index (χ4n) is 1.55. The molecule has 0 aliphatic carbocycles. The summed E-state index contributed by atoms with van der Waals surface area (Å²) in [5.41, 5.74) is 2.59. The molecule has 110 valence electrons. The van der Waals surface area contributed by atoms with Gasteiger partial charge in [0, 0.05) is 6.54 Å². The number of hydrogen-bond acceptors (Lipinski definition) is 2. The molecule has 2 heteroatoms. The van der Waals surface area contributed by atoms with Gasteiger partial charge in [-0.1, -0.05) is 51.5 Å². The maximum atomic E-state index is 5.57. The van der Waals surface area contributed by atoms with Crippen LogP contribution in [0.3, 0.4) is 0 Å². The van der Waals surface area contributed by atoms with Crippen molar-refractivity contribution in [2.24, 2.45) is 0 Å². The molecule has 0 heterocycles. The van der Waals surface area contributed by atoms with Crippen LogP contribution in [0.25, 0.3) is 0 Å². The third-order valence-electron chi connectivity index (χ3n) is 2.64. The highest BCUT2D eigenvalue weighted by Crippen LogP contribution is 2.07. The highest BCUT2D eigenvalue weighted by molar-refractivity contribution is 5.21. The standard InChI is InChI=1S/C15H25NO.C2H6/c1-4-5-10-16-11-14-6-8-15(9-7-14)12-17-13(2)3;1-2/h6-9,13,16H,4-5,10-12H2,1-3H3;1-2H3. The minimum absolute atomic E-state index is 0.297. The van der Waals surface area contributed by atoms with Crippen molar-refractivity contribution in [3.05, 3.63) is 35.4 Å². The number of unbranched alkanes of at least 4 members (excludes halogenated alkanes) is 1. The molecule has 0 aromatic heterocycles. The molecule has 0 spiro atoms. The summed E-state index contributed by atoms with van der Waals surface area (Å²) in [6.45, 7) is 13.1. The number of rotatable bonds is 8. The zero-order chi connectivity index (χ0) is 14.5. The SMILES string of the molecule is CC.CCCCNCc1ccc(COC(C)C)cc1. The number of hydrogen-bond donors (Lipinski definition) is 1.